The molecule has 0 aliphatic carbocycles. The molecule has 1 aromatic carbocycles. The largest absolute Gasteiger partial charge is 0.268 e. The summed E-state index contributed by atoms with van der Waals surface area (Å²) in [5, 5.41) is 4.06. The molecule has 0 saturated carbocycles. The fourth-order valence-corrected chi connectivity index (χ4v) is 3.42. The third-order valence-corrected chi connectivity index (χ3v) is 4.86. The molecule has 1 aromatic heterocycles. The topological polar surface area (TPSA) is 81.1 Å². The Morgan fingerprint density at radius 3 is 2.55 bits per heavy atom. The molecule has 6 nitrogen and oxygen atoms in total. The first kappa shape index (κ1) is 16.4. The van der Waals surface area contributed by atoms with E-state index in [1.165, 1.54) is 10.7 Å². The van der Waals surface area contributed by atoms with E-state index in [9.17, 15) is 13.2 Å². The molecule has 7 heteroatoms. The zero-order chi connectivity index (χ0) is 16.3. The molecule has 0 spiro atoms. The number of sulfonamides is 1. The number of hydrogen-bond acceptors (Lipinski definition) is 4. The molecule has 2 aromatic rings. The van der Waals surface area contributed by atoms with Crippen LogP contribution < -0.4 is 10.3 Å². The van der Waals surface area contributed by atoms with Crippen LogP contribution in [-0.4, -0.2) is 24.7 Å². The van der Waals surface area contributed by atoms with Gasteiger partial charge in [0.2, 0.25) is 10.0 Å². The molecule has 0 unspecified atom stereocenters. The van der Waals surface area contributed by atoms with Crippen molar-refractivity contribution in [3.63, 3.8) is 0 Å². The predicted molar refractivity (Wildman–Crippen MR) is 84.3 cm³/mol. The first-order valence-electron chi connectivity index (χ1n) is 6.91. The Morgan fingerprint density at radius 2 is 1.86 bits per heavy atom. The number of aryl methyl sites for hydroxylation is 3. The molecule has 0 radical (unpaired) electrons. The summed E-state index contributed by atoms with van der Waals surface area (Å²) < 4.78 is 28.3. The van der Waals surface area contributed by atoms with E-state index in [0.29, 0.717) is 11.3 Å². The molecule has 118 valence electrons. The van der Waals surface area contributed by atoms with Crippen molar-refractivity contribution in [2.75, 3.05) is 6.54 Å². The van der Waals surface area contributed by atoms with Gasteiger partial charge in [0.05, 0.1) is 17.1 Å². The third-order valence-electron chi connectivity index (χ3n) is 3.24. The van der Waals surface area contributed by atoms with Crippen molar-refractivity contribution in [1.29, 1.82) is 0 Å². The quantitative estimate of drug-likeness (QED) is 0.895. The smallest absolute Gasteiger partial charge is 0.266 e. The van der Waals surface area contributed by atoms with Gasteiger partial charge < -0.3 is 0 Å². The van der Waals surface area contributed by atoms with Crippen molar-refractivity contribution in [3.05, 3.63) is 57.5 Å². The van der Waals surface area contributed by atoms with E-state index < -0.39 is 10.0 Å². The Kier molecular flexibility index (Phi) is 4.77. The maximum absolute atomic E-state index is 12.3. The van der Waals surface area contributed by atoms with Crippen molar-refractivity contribution in [3.8, 4) is 0 Å². The number of hydrogen-bond donors (Lipinski definition) is 1. The SMILES string of the molecule is Cc1ccc(S(=O)(=O)NCCn2nc(C)ccc2=O)c(C)c1. The summed E-state index contributed by atoms with van der Waals surface area (Å²) >= 11 is 0. The zero-order valence-corrected chi connectivity index (χ0v) is 13.6. The zero-order valence-electron chi connectivity index (χ0n) is 12.8. The van der Waals surface area contributed by atoms with Gasteiger partial charge in [0, 0.05) is 12.6 Å². The normalized spacial score (nSPS) is 11.6. The summed E-state index contributed by atoms with van der Waals surface area (Å²) in [7, 11) is -3.59. The van der Waals surface area contributed by atoms with Crippen LogP contribution in [0.15, 0.2) is 40.0 Å². The molecule has 1 N–H and O–H groups in total. The number of nitrogens with zero attached hydrogens (tertiary/aromatic N) is 2. The lowest BCUT2D eigenvalue weighted by molar-refractivity contribution is 0.543. The van der Waals surface area contributed by atoms with Crippen LogP contribution in [-0.2, 0) is 16.6 Å². The lowest BCUT2D eigenvalue weighted by atomic mass is 10.2. The van der Waals surface area contributed by atoms with Gasteiger partial charge in [-0.2, -0.15) is 5.10 Å². The van der Waals surface area contributed by atoms with Gasteiger partial charge >= 0.3 is 0 Å². The highest BCUT2D eigenvalue weighted by Gasteiger charge is 2.16. The molecule has 2 rings (SSSR count). The van der Waals surface area contributed by atoms with Crippen LogP contribution in [0.2, 0.25) is 0 Å². The molecule has 1 heterocycles. The molecule has 0 aliphatic heterocycles. The third kappa shape index (κ3) is 3.80. The van der Waals surface area contributed by atoms with E-state index in [2.05, 4.69) is 9.82 Å². The van der Waals surface area contributed by atoms with Gasteiger partial charge in [-0.25, -0.2) is 17.8 Å². The van der Waals surface area contributed by atoms with Gasteiger partial charge in [-0.1, -0.05) is 17.7 Å². The minimum Gasteiger partial charge on any atom is -0.268 e. The van der Waals surface area contributed by atoms with Crippen LogP contribution in [0.3, 0.4) is 0 Å². The second kappa shape index (κ2) is 6.41. The second-order valence-corrected chi connectivity index (χ2v) is 6.94. The molecule has 0 fully saturated rings. The van der Waals surface area contributed by atoms with Crippen molar-refractivity contribution in [1.82, 2.24) is 14.5 Å². The summed E-state index contributed by atoms with van der Waals surface area (Å²) in [4.78, 5) is 11.9. The van der Waals surface area contributed by atoms with Crippen LogP contribution >= 0.6 is 0 Å². The lowest BCUT2D eigenvalue weighted by Gasteiger charge is -2.10. The highest BCUT2D eigenvalue weighted by molar-refractivity contribution is 7.89. The Balaban J connectivity index is 2.10. The van der Waals surface area contributed by atoms with Crippen LogP contribution in [0.25, 0.3) is 0 Å². The lowest BCUT2D eigenvalue weighted by Crippen LogP contribution is -2.32. The average Bonchev–Trinajstić information content (AvgIpc) is 2.42. The molecule has 0 aliphatic rings. The summed E-state index contributed by atoms with van der Waals surface area (Å²) in [5.74, 6) is 0. The molecule has 0 amide bonds. The van der Waals surface area contributed by atoms with Crippen molar-refractivity contribution < 1.29 is 8.42 Å². The molecule has 0 bridgehead atoms. The summed E-state index contributed by atoms with van der Waals surface area (Å²) in [5.41, 5.74) is 2.15. The molecular formula is C15H19N3O3S. The van der Waals surface area contributed by atoms with E-state index in [4.69, 9.17) is 0 Å². The summed E-state index contributed by atoms with van der Waals surface area (Å²) in [6, 6.07) is 8.21. The first-order chi connectivity index (χ1) is 10.3. The highest BCUT2D eigenvalue weighted by atomic mass is 32.2. The van der Waals surface area contributed by atoms with Gasteiger partial charge in [-0.15, -0.1) is 0 Å². The van der Waals surface area contributed by atoms with Crippen LogP contribution in [0.4, 0.5) is 0 Å². The minimum atomic E-state index is -3.59. The Morgan fingerprint density at radius 1 is 1.14 bits per heavy atom. The molecule has 22 heavy (non-hydrogen) atoms. The minimum absolute atomic E-state index is 0.103. The summed E-state index contributed by atoms with van der Waals surface area (Å²) in [6.45, 7) is 5.73. The highest BCUT2D eigenvalue weighted by Crippen LogP contribution is 2.15. The van der Waals surface area contributed by atoms with E-state index in [1.54, 1.807) is 32.0 Å². The Bertz CT molecular complexity index is 841. The van der Waals surface area contributed by atoms with Gasteiger partial charge in [0.25, 0.3) is 5.56 Å². The van der Waals surface area contributed by atoms with Gasteiger partial charge in [-0.3, -0.25) is 4.79 Å². The first-order valence-corrected chi connectivity index (χ1v) is 8.39. The van der Waals surface area contributed by atoms with E-state index in [-0.39, 0.29) is 23.5 Å². The van der Waals surface area contributed by atoms with Crippen molar-refractivity contribution >= 4 is 10.0 Å². The van der Waals surface area contributed by atoms with Crippen LogP contribution in [0.5, 0.6) is 0 Å². The molecule has 0 saturated heterocycles. The average molecular weight is 321 g/mol. The molecule has 0 atom stereocenters. The predicted octanol–water partition coefficient (Wildman–Crippen LogP) is 1.15. The number of benzene rings is 1. The van der Waals surface area contributed by atoms with Gasteiger partial charge in [-0.05, 0) is 38.5 Å². The van der Waals surface area contributed by atoms with Crippen molar-refractivity contribution in [2.24, 2.45) is 0 Å². The Hall–Kier alpha value is -1.99. The van der Waals surface area contributed by atoms with Gasteiger partial charge in [0.15, 0.2) is 0 Å². The molecular weight excluding hydrogens is 302 g/mol. The van der Waals surface area contributed by atoms with Gasteiger partial charge in [0.1, 0.15) is 0 Å². The maximum atomic E-state index is 12.3. The van der Waals surface area contributed by atoms with Crippen LogP contribution in [0, 0.1) is 20.8 Å². The Labute approximate surface area is 129 Å². The maximum Gasteiger partial charge on any atom is 0.266 e. The number of rotatable bonds is 5. The standard InChI is InChI=1S/C15H19N3O3S/c1-11-4-6-14(12(2)10-11)22(20,21)16-8-9-18-15(19)7-5-13(3)17-18/h4-7,10,16H,8-9H2,1-3H3. The second-order valence-electron chi connectivity index (χ2n) is 5.20. The van der Waals surface area contributed by atoms with Crippen LogP contribution in [0.1, 0.15) is 16.8 Å². The monoisotopic (exact) mass is 321 g/mol. The van der Waals surface area contributed by atoms with E-state index in [0.717, 1.165) is 5.56 Å². The van der Waals surface area contributed by atoms with Crippen molar-refractivity contribution in [2.45, 2.75) is 32.2 Å². The fraction of sp³-hybridized carbons (Fsp3) is 0.333. The summed E-state index contributed by atoms with van der Waals surface area (Å²) in [6.07, 6.45) is 0. The number of aromatic nitrogens is 2. The number of nitrogens with one attached hydrogen (secondary N) is 1. The van der Waals surface area contributed by atoms with E-state index in [1.807, 2.05) is 13.0 Å². The fourth-order valence-electron chi connectivity index (χ4n) is 2.18. The van der Waals surface area contributed by atoms with E-state index >= 15 is 0 Å².